The molecule has 2 nitrogen and oxygen atoms in total. The van der Waals surface area contributed by atoms with E-state index in [9.17, 15) is 4.79 Å². The molecule has 0 spiro atoms. The van der Waals surface area contributed by atoms with Gasteiger partial charge in [-0.2, -0.15) is 0 Å². The van der Waals surface area contributed by atoms with E-state index in [-0.39, 0.29) is 5.91 Å². The molecule has 0 aliphatic carbocycles. The first-order chi connectivity index (χ1) is 8.09. The van der Waals surface area contributed by atoms with Gasteiger partial charge in [-0.25, -0.2) is 0 Å². The molecule has 0 bridgehead atoms. The predicted molar refractivity (Wildman–Crippen MR) is 70.7 cm³/mol. The van der Waals surface area contributed by atoms with Crippen LogP contribution in [0.15, 0.2) is 24.3 Å². The van der Waals surface area contributed by atoms with Crippen LogP contribution < -0.4 is 5.32 Å². The highest BCUT2D eigenvalue weighted by Crippen LogP contribution is 2.14. The molecule has 0 atom stereocenters. The minimum Gasteiger partial charge on any atom is -0.355 e. The lowest BCUT2D eigenvalue weighted by atomic mass is 10.0. The van der Waals surface area contributed by atoms with Gasteiger partial charge in [-0.1, -0.05) is 37.8 Å². The van der Waals surface area contributed by atoms with E-state index in [2.05, 4.69) is 43.1 Å². The van der Waals surface area contributed by atoms with Gasteiger partial charge in [0, 0.05) is 25.5 Å². The Morgan fingerprint density at radius 3 is 2.82 bits per heavy atom. The summed E-state index contributed by atoms with van der Waals surface area (Å²) in [6, 6.07) is 8.29. The quantitative estimate of drug-likeness (QED) is 0.626. The number of carbonyl (C=O) groups is 1. The van der Waals surface area contributed by atoms with Crippen LogP contribution >= 0.6 is 0 Å². The highest BCUT2D eigenvalue weighted by Gasteiger charge is 1.97. The summed E-state index contributed by atoms with van der Waals surface area (Å²) in [5.74, 6) is 6.69. The molecule has 90 valence electrons. The van der Waals surface area contributed by atoms with Gasteiger partial charge in [0.25, 0.3) is 0 Å². The molecule has 2 heteroatoms. The molecule has 0 unspecified atom stereocenters. The summed E-state index contributed by atoms with van der Waals surface area (Å²) in [6.45, 7) is 6.47. The van der Waals surface area contributed by atoms with E-state index >= 15 is 0 Å². The third-order valence-electron chi connectivity index (χ3n) is 2.41. The molecule has 0 aliphatic heterocycles. The first-order valence-electron chi connectivity index (χ1n) is 5.93. The molecule has 1 N–H and O–H groups in total. The van der Waals surface area contributed by atoms with E-state index in [1.807, 2.05) is 12.1 Å². The zero-order chi connectivity index (χ0) is 12.7. The minimum atomic E-state index is -0.00592. The Morgan fingerprint density at radius 2 is 2.18 bits per heavy atom. The van der Waals surface area contributed by atoms with E-state index in [0.717, 1.165) is 5.56 Å². The van der Waals surface area contributed by atoms with E-state index < -0.39 is 0 Å². The maximum Gasteiger partial charge on any atom is 0.216 e. The van der Waals surface area contributed by atoms with Crippen LogP contribution in [0, 0.1) is 11.8 Å². The highest BCUT2D eigenvalue weighted by molar-refractivity contribution is 5.72. The van der Waals surface area contributed by atoms with Crippen molar-refractivity contribution in [1.82, 2.24) is 5.32 Å². The molecule has 0 saturated heterocycles. The van der Waals surface area contributed by atoms with Crippen LogP contribution in [0.2, 0.25) is 0 Å². The van der Waals surface area contributed by atoms with E-state index in [1.54, 1.807) is 0 Å². The third-order valence-corrected chi connectivity index (χ3v) is 2.41. The van der Waals surface area contributed by atoms with Crippen molar-refractivity contribution < 1.29 is 4.79 Å². The normalized spacial score (nSPS) is 9.65. The van der Waals surface area contributed by atoms with Crippen molar-refractivity contribution in [3.63, 3.8) is 0 Å². The van der Waals surface area contributed by atoms with Crippen molar-refractivity contribution in [2.24, 2.45) is 0 Å². The number of carbonyl (C=O) groups excluding carboxylic acids is 1. The first kappa shape index (κ1) is 13.3. The molecule has 1 rings (SSSR count). The number of hydrogen-bond acceptors (Lipinski definition) is 1. The fourth-order valence-corrected chi connectivity index (χ4v) is 1.44. The fourth-order valence-electron chi connectivity index (χ4n) is 1.44. The Labute approximate surface area is 103 Å². The van der Waals surface area contributed by atoms with Crippen LogP contribution in [-0.4, -0.2) is 12.5 Å². The number of benzene rings is 1. The fraction of sp³-hybridized carbons (Fsp3) is 0.400. The lowest BCUT2D eigenvalue weighted by Crippen LogP contribution is -2.20. The molecule has 1 amide bonds. The zero-order valence-corrected chi connectivity index (χ0v) is 10.7. The Hall–Kier alpha value is -1.75. The van der Waals surface area contributed by atoms with Gasteiger partial charge >= 0.3 is 0 Å². The molecular weight excluding hydrogens is 210 g/mol. The van der Waals surface area contributed by atoms with Crippen LogP contribution in [0.25, 0.3) is 0 Å². The van der Waals surface area contributed by atoms with E-state index in [4.69, 9.17) is 0 Å². The van der Waals surface area contributed by atoms with Crippen LogP contribution in [0.3, 0.4) is 0 Å². The SMILES string of the molecule is CC(=O)NCCC#Cc1cccc(C(C)C)c1. The standard InChI is InChI=1S/C15H19NO/c1-12(2)15-9-6-8-14(11-15)7-4-5-10-16-13(3)17/h6,8-9,11-12H,5,10H2,1-3H3,(H,16,17). The van der Waals surface area contributed by atoms with Crippen molar-refractivity contribution in [2.45, 2.75) is 33.1 Å². The topological polar surface area (TPSA) is 29.1 Å². The van der Waals surface area contributed by atoms with Crippen molar-refractivity contribution >= 4 is 5.91 Å². The molecule has 0 radical (unpaired) electrons. The summed E-state index contributed by atoms with van der Waals surface area (Å²) in [5.41, 5.74) is 2.35. The van der Waals surface area contributed by atoms with Gasteiger partial charge in [-0.05, 0) is 23.6 Å². The van der Waals surface area contributed by atoms with Gasteiger partial charge in [-0.15, -0.1) is 0 Å². The number of rotatable bonds is 3. The molecule has 0 aromatic heterocycles. The van der Waals surface area contributed by atoms with Gasteiger partial charge in [0.1, 0.15) is 0 Å². The smallest absolute Gasteiger partial charge is 0.216 e. The molecule has 0 saturated carbocycles. The summed E-state index contributed by atoms with van der Waals surface area (Å²) < 4.78 is 0. The molecule has 0 heterocycles. The summed E-state index contributed by atoms with van der Waals surface area (Å²) in [6.07, 6.45) is 0.686. The molecule has 1 aromatic rings. The Balaban J connectivity index is 2.53. The Bertz CT molecular complexity index is 438. The maximum atomic E-state index is 10.6. The monoisotopic (exact) mass is 229 g/mol. The minimum absolute atomic E-state index is 0.00592. The predicted octanol–water partition coefficient (Wildman–Crippen LogP) is 2.69. The van der Waals surface area contributed by atoms with Crippen LogP contribution in [0.5, 0.6) is 0 Å². The van der Waals surface area contributed by atoms with E-state index in [1.165, 1.54) is 12.5 Å². The van der Waals surface area contributed by atoms with E-state index in [0.29, 0.717) is 18.9 Å². The summed E-state index contributed by atoms with van der Waals surface area (Å²) in [4.78, 5) is 10.6. The van der Waals surface area contributed by atoms with Crippen molar-refractivity contribution in [3.05, 3.63) is 35.4 Å². The second-order valence-corrected chi connectivity index (χ2v) is 4.31. The molecule has 17 heavy (non-hydrogen) atoms. The third kappa shape index (κ3) is 5.21. The van der Waals surface area contributed by atoms with Gasteiger partial charge in [0.05, 0.1) is 0 Å². The lowest BCUT2D eigenvalue weighted by Gasteiger charge is -2.04. The zero-order valence-electron chi connectivity index (χ0n) is 10.7. The molecule has 0 aliphatic rings. The average molecular weight is 229 g/mol. The Kier molecular flexibility index (Phi) is 5.29. The van der Waals surface area contributed by atoms with Crippen molar-refractivity contribution in [1.29, 1.82) is 0 Å². The highest BCUT2D eigenvalue weighted by atomic mass is 16.1. The summed E-state index contributed by atoms with van der Waals surface area (Å²) in [5, 5.41) is 2.72. The van der Waals surface area contributed by atoms with Crippen LogP contribution in [-0.2, 0) is 4.79 Å². The number of hydrogen-bond donors (Lipinski definition) is 1. The average Bonchev–Trinajstić information content (AvgIpc) is 2.28. The first-order valence-corrected chi connectivity index (χ1v) is 5.93. The van der Waals surface area contributed by atoms with Crippen LogP contribution in [0.1, 0.15) is 44.2 Å². The van der Waals surface area contributed by atoms with Gasteiger partial charge < -0.3 is 5.32 Å². The maximum absolute atomic E-state index is 10.6. The summed E-state index contributed by atoms with van der Waals surface area (Å²) >= 11 is 0. The van der Waals surface area contributed by atoms with Gasteiger partial charge in [-0.3, -0.25) is 4.79 Å². The van der Waals surface area contributed by atoms with Gasteiger partial charge in [0.15, 0.2) is 0 Å². The second kappa shape index (κ2) is 6.75. The molecular formula is C15H19NO. The number of nitrogens with one attached hydrogen (secondary N) is 1. The number of amides is 1. The second-order valence-electron chi connectivity index (χ2n) is 4.31. The lowest BCUT2D eigenvalue weighted by molar-refractivity contribution is -0.118. The van der Waals surface area contributed by atoms with Crippen molar-refractivity contribution in [3.8, 4) is 11.8 Å². The molecule has 1 aromatic carbocycles. The summed E-state index contributed by atoms with van der Waals surface area (Å²) in [7, 11) is 0. The molecule has 0 fully saturated rings. The Morgan fingerprint density at radius 1 is 1.41 bits per heavy atom. The largest absolute Gasteiger partial charge is 0.355 e. The van der Waals surface area contributed by atoms with Crippen molar-refractivity contribution in [2.75, 3.05) is 6.54 Å². The van der Waals surface area contributed by atoms with Crippen LogP contribution in [0.4, 0.5) is 0 Å². The van der Waals surface area contributed by atoms with Gasteiger partial charge in [0.2, 0.25) is 5.91 Å².